The van der Waals surface area contributed by atoms with Crippen LogP contribution in [-0.2, 0) is 10.2 Å². The maximum atomic E-state index is 5.39. The summed E-state index contributed by atoms with van der Waals surface area (Å²) in [5, 5.41) is 0. The molecular formula is C14H20O2. The molecule has 1 aliphatic rings. The molecule has 1 fully saturated rings. The lowest BCUT2D eigenvalue weighted by Gasteiger charge is -2.41. The number of benzene rings is 1. The van der Waals surface area contributed by atoms with E-state index in [4.69, 9.17) is 9.47 Å². The van der Waals surface area contributed by atoms with Gasteiger partial charge in [-0.15, -0.1) is 0 Å². The zero-order chi connectivity index (χ0) is 11.9. The van der Waals surface area contributed by atoms with Crippen molar-refractivity contribution in [3.05, 3.63) is 28.3 Å². The Hall–Kier alpha value is -1.02. The first kappa shape index (κ1) is 11.5. The molecular weight excluding hydrogens is 200 g/mol. The smallest absolute Gasteiger partial charge is 0.122 e. The number of hydrogen-bond donors (Lipinski definition) is 0. The van der Waals surface area contributed by atoms with Gasteiger partial charge in [0.1, 0.15) is 5.75 Å². The van der Waals surface area contributed by atoms with E-state index in [-0.39, 0.29) is 5.41 Å². The maximum absolute atomic E-state index is 5.39. The van der Waals surface area contributed by atoms with Crippen molar-refractivity contribution in [2.24, 2.45) is 0 Å². The Balaban J connectivity index is 2.58. The highest BCUT2D eigenvalue weighted by molar-refractivity contribution is 5.51. The highest BCUT2D eigenvalue weighted by atomic mass is 16.5. The van der Waals surface area contributed by atoms with Crippen molar-refractivity contribution in [1.82, 2.24) is 0 Å². The molecule has 1 heterocycles. The van der Waals surface area contributed by atoms with Gasteiger partial charge >= 0.3 is 0 Å². The zero-order valence-corrected chi connectivity index (χ0v) is 10.8. The lowest BCUT2D eigenvalue weighted by atomic mass is 9.75. The number of hydrogen-bond acceptors (Lipinski definition) is 2. The number of ether oxygens (including phenoxy) is 2. The van der Waals surface area contributed by atoms with Gasteiger partial charge in [-0.1, -0.05) is 6.92 Å². The van der Waals surface area contributed by atoms with Crippen LogP contribution in [0.15, 0.2) is 6.07 Å². The van der Waals surface area contributed by atoms with Crippen molar-refractivity contribution in [2.45, 2.75) is 33.1 Å². The van der Waals surface area contributed by atoms with E-state index in [1.165, 1.54) is 22.3 Å². The SMILES string of the molecule is COc1cc(C)c(C2(C)COC2)c(C)c1C. The van der Waals surface area contributed by atoms with Gasteiger partial charge in [-0.05, 0) is 49.1 Å². The van der Waals surface area contributed by atoms with Crippen molar-refractivity contribution in [3.8, 4) is 5.75 Å². The zero-order valence-electron chi connectivity index (χ0n) is 10.8. The fourth-order valence-corrected chi connectivity index (χ4v) is 2.74. The molecule has 88 valence electrons. The Bertz CT molecular complexity index is 417. The second-order valence-electron chi connectivity index (χ2n) is 5.07. The van der Waals surface area contributed by atoms with E-state index in [0.717, 1.165) is 19.0 Å². The first-order valence-corrected chi connectivity index (χ1v) is 5.72. The standard InChI is InChI=1S/C14H20O2/c1-9-6-12(15-5)10(2)11(3)13(9)14(4)7-16-8-14/h6H,7-8H2,1-5H3. The van der Waals surface area contributed by atoms with Crippen LogP contribution in [0.3, 0.4) is 0 Å². The molecule has 0 atom stereocenters. The van der Waals surface area contributed by atoms with Gasteiger partial charge in [-0.25, -0.2) is 0 Å². The Morgan fingerprint density at radius 3 is 2.25 bits per heavy atom. The molecule has 0 spiro atoms. The van der Waals surface area contributed by atoms with Crippen molar-refractivity contribution in [1.29, 1.82) is 0 Å². The van der Waals surface area contributed by atoms with Crippen molar-refractivity contribution >= 4 is 0 Å². The molecule has 0 aromatic heterocycles. The fourth-order valence-electron chi connectivity index (χ4n) is 2.74. The molecule has 0 bridgehead atoms. The molecule has 16 heavy (non-hydrogen) atoms. The summed E-state index contributed by atoms with van der Waals surface area (Å²) in [6.45, 7) is 10.4. The lowest BCUT2D eigenvalue weighted by molar-refractivity contribution is -0.0506. The van der Waals surface area contributed by atoms with Crippen LogP contribution in [-0.4, -0.2) is 20.3 Å². The van der Waals surface area contributed by atoms with E-state index in [2.05, 4.69) is 33.8 Å². The Morgan fingerprint density at radius 2 is 1.81 bits per heavy atom. The van der Waals surface area contributed by atoms with Gasteiger partial charge in [-0.3, -0.25) is 0 Å². The van der Waals surface area contributed by atoms with Crippen LogP contribution in [0.1, 0.15) is 29.2 Å². The van der Waals surface area contributed by atoms with Gasteiger partial charge in [-0.2, -0.15) is 0 Å². The Labute approximate surface area is 97.6 Å². The van der Waals surface area contributed by atoms with Gasteiger partial charge in [0.2, 0.25) is 0 Å². The lowest BCUT2D eigenvalue weighted by Crippen LogP contribution is -2.45. The van der Waals surface area contributed by atoms with Gasteiger partial charge in [0.05, 0.1) is 20.3 Å². The van der Waals surface area contributed by atoms with E-state index in [0.29, 0.717) is 0 Å². The van der Waals surface area contributed by atoms with Gasteiger partial charge in [0.25, 0.3) is 0 Å². The average Bonchev–Trinajstić information content (AvgIpc) is 2.21. The molecule has 0 amide bonds. The van der Waals surface area contributed by atoms with E-state index >= 15 is 0 Å². The van der Waals surface area contributed by atoms with Gasteiger partial charge in [0.15, 0.2) is 0 Å². The van der Waals surface area contributed by atoms with Crippen LogP contribution in [0.2, 0.25) is 0 Å². The monoisotopic (exact) mass is 220 g/mol. The minimum Gasteiger partial charge on any atom is -0.496 e. The number of aryl methyl sites for hydroxylation is 1. The summed E-state index contributed by atoms with van der Waals surface area (Å²) in [5.74, 6) is 0.989. The molecule has 1 saturated heterocycles. The quantitative estimate of drug-likeness (QED) is 0.763. The maximum Gasteiger partial charge on any atom is 0.122 e. The average molecular weight is 220 g/mol. The molecule has 2 nitrogen and oxygen atoms in total. The summed E-state index contributed by atoms with van der Waals surface area (Å²) in [6, 6.07) is 2.14. The molecule has 0 unspecified atom stereocenters. The van der Waals surface area contributed by atoms with Crippen LogP contribution < -0.4 is 4.74 Å². The highest BCUT2D eigenvalue weighted by Crippen LogP contribution is 2.39. The highest BCUT2D eigenvalue weighted by Gasteiger charge is 2.38. The van der Waals surface area contributed by atoms with Crippen LogP contribution in [0.4, 0.5) is 0 Å². The third kappa shape index (κ3) is 1.52. The summed E-state index contributed by atoms with van der Waals surface area (Å²) in [5.41, 5.74) is 5.55. The van der Waals surface area contributed by atoms with Gasteiger partial charge < -0.3 is 9.47 Å². The van der Waals surface area contributed by atoms with E-state index < -0.39 is 0 Å². The first-order chi connectivity index (χ1) is 7.49. The minimum atomic E-state index is 0.200. The van der Waals surface area contributed by atoms with E-state index in [1.807, 2.05) is 0 Å². The molecule has 0 radical (unpaired) electrons. The largest absolute Gasteiger partial charge is 0.496 e. The third-order valence-corrected chi connectivity index (χ3v) is 3.71. The second-order valence-corrected chi connectivity index (χ2v) is 5.07. The fraction of sp³-hybridized carbons (Fsp3) is 0.571. The Morgan fingerprint density at radius 1 is 1.19 bits per heavy atom. The second kappa shape index (κ2) is 3.77. The molecule has 1 aromatic rings. The molecule has 2 heteroatoms. The predicted molar refractivity (Wildman–Crippen MR) is 65.4 cm³/mol. The Kier molecular flexibility index (Phi) is 2.70. The van der Waals surface area contributed by atoms with E-state index in [9.17, 15) is 0 Å². The molecule has 1 aromatic carbocycles. The molecule has 0 N–H and O–H groups in total. The van der Waals surface area contributed by atoms with Crippen LogP contribution in [0, 0.1) is 20.8 Å². The number of methoxy groups -OCH3 is 1. The normalized spacial score (nSPS) is 18.1. The van der Waals surface area contributed by atoms with Gasteiger partial charge in [0, 0.05) is 5.41 Å². The van der Waals surface area contributed by atoms with Crippen molar-refractivity contribution in [3.63, 3.8) is 0 Å². The molecule has 1 aliphatic heterocycles. The van der Waals surface area contributed by atoms with Crippen LogP contribution in [0.5, 0.6) is 5.75 Å². The summed E-state index contributed by atoms with van der Waals surface area (Å²) >= 11 is 0. The topological polar surface area (TPSA) is 18.5 Å². The molecule has 0 aliphatic carbocycles. The van der Waals surface area contributed by atoms with Crippen molar-refractivity contribution in [2.75, 3.05) is 20.3 Å². The summed E-state index contributed by atoms with van der Waals surface area (Å²) < 4.78 is 10.8. The van der Waals surface area contributed by atoms with Crippen LogP contribution in [0.25, 0.3) is 0 Å². The van der Waals surface area contributed by atoms with Crippen molar-refractivity contribution < 1.29 is 9.47 Å². The summed E-state index contributed by atoms with van der Waals surface area (Å²) in [4.78, 5) is 0. The molecule has 0 saturated carbocycles. The van der Waals surface area contributed by atoms with E-state index in [1.54, 1.807) is 7.11 Å². The van der Waals surface area contributed by atoms with Crippen LogP contribution >= 0.6 is 0 Å². The predicted octanol–water partition coefficient (Wildman–Crippen LogP) is 2.91. The molecule has 2 rings (SSSR count). The summed E-state index contributed by atoms with van der Waals surface area (Å²) in [7, 11) is 1.73. The third-order valence-electron chi connectivity index (χ3n) is 3.71. The first-order valence-electron chi connectivity index (χ1n) is 5.72. The number of rotatable bonds is 2. The summed E-state index contributed by atoms with van der Waals surface area (Å²) in [6.07, 6.45) is 0. The minimum absolute atomic E-state index is 0.200.